The summed E-state index contributed by atoms with van der Waals surface area (Å²) in [5, 5.41) is 0. The molecule has 0 aliphatic carbocycles. The number of unbranched alkanes of at least 4 members (excludes halogenated alkanes) is 12. The van der Waals surface area contributed by atoms with Gasteiger partial charge in [0.25, 0.3) is 0 Å². The lowest BCUT2D eigenvalue weighted by molar-refractivity contribution is 0.0497. The molecule has 2 heteroatoms. The highest BCUT2D eigenvalue weighted by Gasteiger charge is 2.06. The van der Waals surface area contributed by atoms with Gasteiger partial charge in [-0.25, -0.2) is 4.79 Å². The van der Waals surface area contributed by atoms with Gasteiger partial charge >= 0.3 is 5.97 Å². The van der Waals surface area contributed by atoms with Crippen molar-refractivity contribution in [1.29, 1.82) is 0 Å². The Hall–Kier alpha value is -1.31. The zero-order valence-corrected chi connectivity index (χ0v) is 16.5. The lowest BCUT2D eigenvalue weighted by Gasteiger charge is -2.06. The van der Waals surface area contributed by atoms with E-state index in [1.807, 2.05) is 31.2 Å². The van der Waals surface area contributed by atoms with Crippen LogP contribution in [0.5, 0.6) is 0 Å². The normalized spacial score (nSPS) is 10.8. The second-order valence-electron chi connectivity index (χ2n) is 7.25. The molecule has 0 saturated heterocycles. The first-order chi connectivity index (χ1) is 12.2. The van der Waals surface area contributed by atoms with Crippen LogP contribution in [-0.4, -0.2) is 12.6 Å². The largest absolute Gasteiger partial charge is 0.462 e. The zero-order chi connectivity index (χ0) is 18.2. The molecule has 0 aliphatic rings. The third-order valence-corrected chi connectivity index (χ3v) is 4.73. The van der Waals surface area contributed by atoms with Crippen LogP contribution in [0.1, 0.15) is 106 Å². The van der Waals surface area contributed by atoms with Crippen LogP contribution in [-0.2, 0) is 4.74 Å². The Morgan fingerprint density at radius 2 is 1.32 bits per heavy atom. The Morgan fingerprint density at radius 1 is 0.800 bits per heavy atom. The Labute approximate surface area is 155 Å². The highest BCUT2D eigenvalue weighted by molar-refractivity contribution is 5.89. The molecule has 0 saturated carbocycles. The molecular weight excluding hydrogens is 308 g/mol. The summed E-state index contributed by atoms with van der Waals surface area (Å²) >= 11 is 0. The van der Waals surface area contributed by atoms with Crippen LogP contribution >= 0.6 is 0 Å². The van der Waals surface area contributed by atoms with E-state index in [1.54, 1.807) is 0 Å². The van der Waals surface area contributed by atoms with Gasteiger partial charge in [0, 0.05) is 0 Å². The Balaban J connectivity index is 1.85. The molecule has 2 nitrogen and oxygen atoms in total. The molecule has 0 bridgehead atoms. The minimum atomic E-state index is -0.192. The highest BCUT2D eigenvalue weighted by atomic mass is 16.5. The highest BCUT2D eigenvalue weighted by Crippen LogP contribution is 2.12. The quantitative estimate of drug-likeness (QED) is 0.247. The maximum atomic E-state index is 11.9. The van der Waals surface area contributed by atoms with E-state index in [2.05, 4.69) is 6.92 Å². The van der Waals surface area contributed by atoms with Crippen molar-refractivity contribution >= 4 is 5.97 Å². The van der Waals surface area contributed by atoms with Gasteiger partial charge < -0.3 is 4.74 Å². The molecule has 25 heavy (non-hydrogen) atoms. The van der Waals surface area contributed by atoms with Crippen molar-refractivity contribution < 1.29 is 9.53 Å². The SMILES string of the molecule is CCCCCCCCCCCCCCCOC(=O)c1cccc(C)c1. The summed E-state index contributed by atoms with van der Waals surface area (Å²) < 4.78 is 5.34. The first-order valence-corrected chi connectivity index (χ1v) is 10.5. The average Bonchev–Trinajstić information content (AvgIpc) is 2.62. The number of ether oxygens (including phenoxy) is 1. The maximum Gasteiger partial charge on any atom is 0.338 e. The Morgan fingerprint density at radius 3 is 1.84 bits per heavy atom. The summed E-state index contributed by atoms with van der Waals surface area (Å²) in [6.07, 6.45) is 17.3. The van der Waals surface area contributed by atoms with Crippen LogP contribution in [0.4, 0.5) is 0 Å². The van der Waals surface area contributed by atoms with Crippen molar-refractivity contribution in [2.45, 2.75) is 97.3 Å². The van der Waals surface area contributed by atoms with E-state index in [9.17, 15) is 4.79 Å². The molecule has 1 aromatic rings. The molecule has 0 unspecified atom stereocenters. The molecule has 0 radical (unpaired) electrons. The summed E-state index contributed by atoms with van der Waals surface area (Å²) in [6, 6.07) is 7.59. The van der Waals surface area contributed by atoms with Gasteiger partial charge in [0.1, 0.15) is 0 Å². The van der Waals surface area contributed by atoms with Gasteiger partial charge in [-0.05, 0) is 25.5 Å². The minimum absolute atomic E-state index is 0.192. The number of benzene rings is 1. The Kier molecular flexibility index (Phi) is 13.0. The van der Waals surface area contributed by atoms with Crippen LogP contribution in [0.25, 0.3) is 0 Å². The van der Waals surface area contributed by atoms with Gasteiger partial charge in [0.15, 0.2) is 0 Å². The fourth-order valence-electron chi connectivity index (χ4n) is 3.14. The van der Waals surface area contributed by atoms with Gasteiger partial charge in [0.05, 0.1) is 12.2 Å². The molecular formula is C23H38O2. The van der Waals surface area contributed by atoms with E-state index >= 15 is 0 Å². The number of esters is 1. The molecule has 0 fully saturated rings. The van der Waals surface area contributed by atoms with Crippen LogP contribution in [0.15, 0.2) is 24.3 Å². The molecule has 0 aromatic heterocycles. The summed E-state index contributed by atoms with van der Waals surface area (Å²) in [5.74, 6) is -0.192. The monoisotopic (exact) mass is 346 g/mol. The Bertz CT molecular complexity index is 453. The second kappa shape index (κ2) is 15.0. The fraction of sp³-hybridized carbons (Fsp3) is 0.696. The van der Waals surface area contributed by atoms with Gasteiger partial charge in [-0.3, -0.25) is 0 Å². The van der Waals surface area contributed by atoms with E-state index in [0.717, 1.165) is 18.4 Å². The molecule has 0 atom stereocenters. The molecule has 142 valence electrons. The maximum absolute atomic E-state index is 11.9. The van der Waals surface area contributed by atoms with Crippen LogP contribution in [0.3, 0.4) is 0 Å². The van der Waals surface area contributed by atoms with E-state index in [1.165, 1.54) is 70.6 Å². The van der Waals surface area contributed by atoms with Crippen molar-refractivity contribution in [3.63, 3.8) is 0 Å². The topological polar surface area (TPSA) is 26.3 Å². The van der Waals surface area contributed by atoms with Crippen LogP contribution < -0.4 is 0 Å². The first kappa shape index (κ1) is 21.7. The van der Waals surface area contributed by atoms with Gasteiger partial charge in [-0.1, -0.05) is 102 Å². The number of carbonyl (C=O) groups is 1. The third kappa shape index (κ3) is 11.8. The number of rotatable bonds is 15. The summed E-state index contributed by atoms with van der Waals surface area (Å²) in [4.78, 5) is 11.9. The number of aryl methyl sites for hydroxylation is 1. The number of carbonyl (C=O) groups excluding carboxylic acids is 1. The standard InChI is InChI=1S/C23H38O2/c1-3-4-5-6-7-8-9-10-11-12-13-14-15-19-25-23(24)22-18-16-17-21(2)20-22/h16-18,20H,3-15,19H2,1-2H3. The van der Waals surface area contributed by atoms with Crippen molar-refractivity contribution in [2.24, 2.45) is 0 Å². The lowest BCUT2D eigenvalue weighted by atomic mass is 10.0. The van der Waals surface area contributed by atoms with Gasteiger partial charge in [-0.2, -0.15) is 0 Å². The predicted octanol–water partition coefficient (Wildman–Crippen LogP) is 7.24. The van der Waals surface area contributed by atoms with Crippen molar-refractivity contribution in [3.05, 3.63) is 35.4 Å². The molecule has 1 rings (SSSR count). The predicted molar refractivity (Wildman–Crippen MR) is 107 cm³/mol. The smallest absolute Gasteiger partial charge is 0.338 e. The minimum Gasteiger partial charge on any atom is -0.462 e. The van der Waals surface area contributed by atoms with Crippen molar-refractivity contribution in [2.75, 3.05) is 6.61 Å². The molecule has 0 heterocycles. The molecule has 0 aliphatic heterocycles. The fourth-order valence-corrected chi connectivity index (χ4v) is 3.14. The van der Waals surface area contributed by atoms with E-state index < -0.39 is 0 Å². The molecule has 0 spiro atoms. The number of hydrogen-bond donors (Lipinski definition) is 0. The summed E-state index contributed by atoms with van der Waals surface area (Å²) in [6.45, 7) is 4.81. The zero-order valence-electron chi connectivity index (χ0n) is 16.5. The number of hydrogen-bond acceptors (Lipinski definition) is 2. The van der Waals surface area contributed by atoms with E-state index in [0.29, 0.717) is 12.2 Å². The average molecular weight is 347 g/mol. The lowest BCUT2D eigenvalue weighted by Crippen LogP contribution is -2.06. The van der Waals surface area contributed by atoms with Gasteiger partial charge in [0.2, 0.25) is 0 Å². The van der Waals surface area contributed by atoms with Crippen molar-refractivity contribution in [1.82, 2.24) is 0 Å². The van der Waals surface area contributed by atoms with E-state index in [4.69, 9.17) is 4.74 Å². The second-order valence-corrected chi connectivity index (χ2v) is 7.25. The molecule has 0 amide bonds. The summed E-state index contributed by atoms with van der Waals surface area (Å²) in [5.41, 5.74) is 1.75. The van der Waals surface area contributed by atoms with Crippen molar-refractivity contribution in [3.8, 4) is 0 Å². The third-order valence-electron chi connectivity index (χ3n) is 4.73. The first-order valence-electron chi connectivity index (χ1n) is 10.5. The van der Waals surface area contributed by atoms with Crippen LogP contribution in [0.2, 0.25) is 0 Å². The molecule has 0 N–H and O–H groups in total. The molecule has 1 aromatic carbocycles. The van der Waals surface area contributed by atoms with Crippen LogP contribution in [0, 0.1) is 6.92 Å². The summed E-state index contributed by atoms with van der Waals surface area (Å²) in [7, 11) is 0. The van der Waals surface area contributed by atoms with E-state index in [-0.39, 0.29) is 5.97 Å². The van der Waals surface area contributed by atoms with Gasteiger partial charge in [-0.15, -0.1) is 0 Å².